The van der Waals surface area contributed by atoms with Gasteiger partial charge in [-0.05, 0) is 63.7 Å². The fourth-order valence-electron chi connectivity index (χ4n) is 5.24. The normalized spacial score (nSPS) is 11.5. The molecular formula is C34H42O2. The molecular weight excluding hydrogens is 440 g/mol. The Hall–Kier alpha value is -2.87. The van der Waals surface area contributed by atoms with Crippen molar-refractivity contribution in [1.82, 2.24) is 0 Å². The van der Waals surface area contributed by atoms with E-state index in [-0.39, 0.29) is 5.97 Å². The molecule has 0 fully saturated rings. The molecule has 2 heteroatoms. The largest absolute Gasteiger partial charge is 0.426 e. The van der Waals surface area contributed by atoms with Gasteiger partial charge in [0.05, 0.1) is 0 Å². The minimum absolute atomic E-state index is 0.121. The van der Waals surface area contributed by atoms with Crippen molar-refractivity contribution in [3.05, 3.63) is 66.7 Å². The summed E-state index contributed by atoms with van der Waals surface area (Å²) in [5.41, 5.74) is 0. The van der Waals surface area contributed by atoms with E-state index in [1.165, 1.54) is 92.2 Å². The van der Waals surface area contributed by atoms with Gasteiger partial charge in [-0.2, -0.15) is 0 Å². The Morgan fingerprint density at radius 3 is 1.67 bits per heavy atom. The number of rotatable bonds is 15. The Kier molecular flexibility index (Phi) is 10.2. The highest BCUT2D eigenvalue weighted by atomic mass is 16.5. The molecule has 0 spiro atoms. The zero-order valence-electron chi connectivity index (χ0n) is 22.1. The number of esters is 1. The molecule has 0 N–H and O–H groups in total. The average molecular weight is 483 g/mol. The Morgan fingerprint density at radius 1 is 0.556 bits per heavy atom. The number of carbonyl (C=O) groups excluding carboxylic acids is 1. The van der Waals surface area contributed by atoms with Gasteiger partial charge in [0.25, 0.3) is 0 Å². The summed E-state index contributed by atoms with van der Waals surface area (Å²) < 4.78 is 5.83. The van der Waals surface area contributed by atoms with E-state index in [0.717, 1.165) is 23.6 Å². The van der Waals surface area contributed by atoms with E-state index in [2.05, 4.69) is 61.5 Å². The molecule has 0 heterocycles. The van der Waals surface area contributed by atoms with Gasteiger partial charge in [0.2, 0.25) is 0 Å². The first-order valence-electron chi connectivity index (χ1n) is 14.3. The number of hydrogen-bond acceptors (Lipinski definition) is 2. The van der Waals surface area contributed by atoms with Crippen LogP contribution < -0.4 is 4.74 Å². The lowest BCUT2D eigenvalue weighted by Crippen LogP contribution is -2.07. The second-order valence-electron chi connectivity index (χ2n) is 10.3. The third kappa shape index (κ3) is 7.56. The van der Waals surface area contributed by atoms with Crippen LogP contribution in [-0.4, -0.2) is 5.97 Å². The van der Waals surface area contributed by atoms with Crippen LogP contribution >= 0.6 is 0 Å². The lowest BCUT2D eigenvalue weighted by Gasteiger charge is -2.10. The van der Waals surface area contributed by atoms with Crippen molar-refractivity contribution in [3.8, 4) is 5.75 Å². The third-order valence-corrected chi connectivity index (χ3v) is 7.37. The number of unbranched alkanes of at least 4 members (excludes halogenated alkanes) is 12. The number of ether oxygens (including phenoxy) is 1. The molecule has 0 saturated heterocycles. The first kappa shape index (κ1) is 26.2. The molecule has 0 saturated carbocycles. The van der Waals surface area contributed by atoms with Crippen molar-refractivity contribution in [2.45, 2.75) is 96.8 Å². The average Bonchev–Trinajstić information content (AvgIpc) is 2.89. The maximum atomic E-state index is 12.6. The van der Waals surface area contributed by atoms with Gasteiger partial charge in [-0.3, -0.25) is 4.79 Å². The van der Waals surface area contributed by atoms with Crippen molar-refractivity contribution >= 4 is 38.3 Å². The van der Waals surface area contributed by atoms with Crippen molar-refractivity contribution in [1.29, 1.82) is 0 Å². The van der Waals surface area contributed by atoms with Crippen LogP contribution in [0.2, 0.25) is 0 Å². The van der Waals surface area contributed by atoms with E-state index in [0.29, 0.717) is 12.2 Å². The summed E-state index contributed by atoms with van der Waals surface area (Å²) in [6.07, 6.45) is 17.5. The van der Waals surface area contributed by atoms with Gasteiger partial charge >= 0.3 is 5.97 Å². The molecule has 0 radical (unpaired) electrons. The van der Waals surface area contributed by atoms with Crippen LogP contribution in [0.5, 0.6) is 5.75 Å². The summed E-state index contributed by atoms with van der Waals surface area (Å²) >= 11 is 0. The van der Waals surface area contributed by atoms with E-state index < -0.39 is 0 Å². The minimum Gasteiger partial charge on any atom is -0.426 e. The van der Waals surface area contributed by atoms with Crippen LogP contribution in [-0.2, 0) is 4.79 Å². The fraction of sp³-hybridized carbons (Fsp3) is 0.441. The summed E-state index contributed by atoms with van der Waals surface area (Å²) in [7, 11) is 0. The van der Waals surface area contributed by atoms with E-state index >= 15 is 0 Å². The van der Waals surface area contributed by atoms with Crippen molar-refractivity contribution in [2.24, 2.45) is 0 Å². The molecule has 0 amide bonds. The molecule has 0 aliphatic heterocycles. The molecule has 0 unspecified atom stereocenters. The smallest absolute Gasteiger partial charge is 0.311 e. The number of benzene rings is 4. The van der Waals surface area contributed by atoms with Gasteiger partial charge in [-0.1, -0.05) is 120 Å². The van der Waals surface area contributed by atoms with Crippen LogP contribution in [0.4, 0.5) is 0 Å². The fourth-order valence-corrected chi connectivity index (χ4v) is 5.24. The maximum Gasteiger partial charge on any atom is 0.311 e. The van der Waals surface area contributed by atoms with Gasteiger partial charge in [-0.25, -0.2) is 0 Å². The number of carbonyl (C=O) groups is 1. The summed E-state index contributed by atoms with van der Waals surface area (Å²) in [6.45, 7) is 2.27. The summed E-state index contributed by atoms with van der Waals surface area (Å²) in [5.74, 6) is 0.548. The summed E-state index contributed by atoms with van der Waals surface area (Å²) in [5, 5.41) is 6.94. The highest BCUT2D eigenvalue weighted by molar-refractivity contribution is 6.06. The Morgan fingerprint density at radius 2 is 1.06 bits per heavy atom. The minimum atomic E-state index is -0.121. The van der Waals surface area contributed by atoms with Crippen LogP contribution in [0.1, 0.15) is 96.8 Å². The maximum absolute atomic E-state index is 12.6. The van der Waals surface area contributed by atoms with E-state index in [4.69, 9.17) is 4.74 Å². The van der Waals surface area contributed by atoms with E-state index in [1.54, 1.807) is 0 Å². The quantitative estimate of drug-likeness (QED) is 0.0729. The third-order valence-electron chi connectivity index (χ3n) is 7.37. The second-order valence-corrected chi connectivity index (χ2v) is 10.3. The molecule has 0 aliphatic rings. The molecule has 0 bridgehead atoms. The lowest BCUT2D eigenvalue weighted by atomic mass is 9.99. The molecule has 4 aromatic carbocycles. The molecule has 190 valence electrons. The van der Waals surface area contributed by atoms with Crippen LogP contribution in [0.25, 0.3) is 32.3 Å². The molecule has 0 aromatic heterocycles. The molecule has 0 aliphatic carbocycles. The van der Waals surface area contributed by atoms with Gasteiger partial charge in [-0.15, -0.1) is 0 Å². The van der Waals surface area contributed by atoms with Gasteiger partial charge in [0, 0.05) is 11.8 Å². The topological polar surface area (TPSA) is 26.3 Å². The highest BCUT2D eigenvalue weighted by Crippen LogP contribution is 2.32. The van der Waals surface area contributed by atoms with Gasteiger partial charge in [0.1, 0.15) is 5.75 Å². The number of fused-ring (bicyclic) bond motifs is 3. The van der Waals surface area contributed by atoms with Crippen LogP contribution in [0, 0.1) is 0 Å². The predicted molar refractivity (Wildman–Crippen MR) is 155 cm³/mol. The van der Waals surface area contributed by atoms with Crippen LogP contribution in [0.15, 0.2) is 66.7 Å². The first-order chi connectivity index (χ1) is 17.7. The van der Waals surface area contributed by atoms with Gasteiger partial charge in [0.15, 0.2) is 0 Å². The Balaban J connectivity index is 1.20. The standard InChI is InChI=1S/C34H42O2/c1-2-3-4-5-6-7-8-9-10-11-12-13-14-22-34(35)36-33-21-17-20-29-25-30-23-27-18-15-16-19-28(27)24-31(30)26-32(29)33/h15-21,23-26H,2-14,22H2,1H3. The first-order valence-corrected chi connectivity index (χ1v) is 14.3. The Labute approximate surface area is 217 Å². The second kappa shape index (κ2) is 14.0. The van der Waals surface area contributed by atoms with E-state index in [9.17, 15) is 4.79 Å². The summed E-state index contributed by atoms with van der Waals surface area (Å²) in [4.78, 5) is 12.6. The van der Waals surface area contributed by atoms with Crippen LogP contribution in [0.3, 0.4) is 0 Å². The van der Waals surface area contributed by atoms with E-state index in [1.807, 2.05) is 12.1 Å². The molecule has 4 rings (SSSR count). The predicted octanol–water partition coefficient (Wildman–Crippen LogP) is 10.5. The van der Waals surface area contributed by atoms with Crippen molar-refractivity contribution in [2.75, 3.05) is 0 Å². The zero-order chi connectivity index (χ0) is 25.0. The molecule has 4 aromatic rings. The van der Waals surface area contributed by atoms with Crippen molar-refractivity contribution < 1.29 is 9.53 Å². The van der Waals surface area contributed by atoms with Crippen molar-refractivity contribution in [3.63, 3.8) is 0 Å². The molecule has 36 heavy (non-hydrogen) atoms. The monoisotopic (exact) mass is 482 g/mol. The Bertz CT molecular complexity index is 1260. The molecule has 0 atom stereocenters. The lowest BCUT2D eigenvalue weighted by molar-refractivity contribution is -0.134. The SMILES string of the molecule is CCCCCCCCCCCCCCCC(=O)Oc1cccc2cc3cc4ccccc4cc3cc12. The van der Waals surface area contributed by atoms with Gasteiger partial charge < -0.3 is 4.74 Å². The number of hydrogen-bond donors (Lipinski definition) is 0. The highest BCUT2D eigenvalue weighted by Gasteiger charge is 2.10. The summed E-state index contributed by atoms with van der Waals surface area (Å²) in [6, 6.07) is 23.2. The zero-order valence-corrected chi connectivity index (χ0v) is 22.1. The molecule has 2 nitrogen and oxygen atoms in total.